The summed E-state index contributed by atoms with van der Waals surface area (Å²) in [5.74, 6) is -0.461. The summed E-state index contributed by atoms with van der Waals surface area (Å²) >= 11 is 0. The van der Waals surface area contributed by atoms with Crippen LogP contribution < -0.4 is 0 Å². The average molecular weight is 337 g/mol. The molecule has 0 amide bonds. The van der Waals surface area contributed by atoms with Crippen LogP contribution in [0.3, 0.4) is 0 Å². The van der Waals surface area contributed by atoms with E-state index in [9.17, 15) is 9.59 Å². The van der Waals surface area contributed by atoms with Crippen molar-refractivity contribution in [3.05, 3.63) is 24.3 Å². The molecule has 0 aliphatic rings. The van der Waals surface area contributed by atoms with Gasteiger partial charge in [-0.1, -0.05) is 57.3 Å². The van der Waals surface area contributed by atoms with Gasteiger partial charge in [0.05, 0.1) is 0 Å². The SMILES string of the molecule is C=CC(C)(CCC=C(C)C)OC(=O)CC(=O)CCCCCCCC. The first-order valence-corrected chi connectivity index (χ1v) is 9.33. The topological polar surface area (TPSA) is 43.4 Å². The van der Waals surface area contributed by atoms with Crippen LogP contribution in [0.4, 0.5) is 0 Å². The zero-order valence-electron chi connectivity index (χ0n) is 16.2. The Labute approximate surface area is 148 Å². The second-order valence-electron chi connectivity index (χ2n) is 7.04. The molecular weight excluding hydrogens is 300 g/mol. The maximum atomic E-state index is 12.0. The van der Waals surface area contributed by atoms with Crippen LogP contribution in [0.25, 0.3) is 0 Å². The van der Waals surface area contributed by atoms with Gasteiger partial charge in [0.1, 0.15) is 17.8 Å². The lowest BCUT2D eigenvalue weighted by Gasteiger charge is -2.25. The largest absolute Gasteiger partial charge is 0.455 e. The first-order chi connectivity index (χ1) is 11.3. The normalized spacial score (nSPS) is 13.0. The number of esters is 1. The molecule has 0 fully saturated rings. The first-order valence-electron chi connectivity index (χ1n) is 9.33. The van der Waals surface area contributed by atoms with Crippen molar-refractivity contribution in [3.63, 3.8) is 0 Å². The van der Waals surface area contributed by atoms with E-state index in [0.29, 0.717) is 12.8 Å². The molecule has 0 aliphatic heterocycles. The molecule has 0 saturated heterocycles. The summed E-state index contributed by atoms with van der Waals surface area (Å²) in [7, 11) is 0. The van der Waals surface area contributed by atoms with Gasteiger partial charge in [-0.05, 0) is 46.1 Å². The van der Waals surface area contributed by atoms with Gasteiger partial charge in [-0.3, -0.25) is 9.59 Å². The van der Waals surface area contributed by atoms with Crippen molar-refractivity contribution < 1.29 is 14.3 Å². The smallest absolute Gasteiger partial charge is 0.314 e. The Morgan fingerprint density at radius 1 is 1.08 bits per heavy atom. The van der Waals surface area contributed by atoms with Crippen molar-refractivity contribution in [1.82, 2.24) is 0 Å². The van der Waals surface area contributed by atoms with Crippen LogP contribution in [0, 0.1) is 0 Å². The van der Waals surface area contributed by atoms with Gasteiger partial charge in [-0.15, -0.1) is 0 Å². The van der Waals surface area contributed by atoms with Crippen LogP contribution in [0.5, 0.6) is 0 Å². The zero-order chi connectivity index (χ0) is 18.4. The number of hydrogen-bond donors (Lipinski definition) is 0. The van der Waals surface area contributed by atoms with E-state index in [-0.39, 0.29) is 12.2 Å². The Kier molecular flexibility index (Phi) is 12.2. The highest BCUT2D eigenvalue weighted by molar-refractivity contribution is 5.95. The molecule has 24 heavy (non-hydrogen) atoms. The van der Waals surface area contributed by atoms with E-state index in [4.69, 9.17) is 4.74 Å². The molecule has 0 spiro atoms. The third-order valence-corrected chi connectivity index (χ3v) is 4.12. The van der Waals surface area contributed by atoms with Gasteiger partial charge in [-0.25, -0.2) is 0 Å². The summed E-state index contributed by atoms with van der Waals surface area (Å²) in [6.07, 6.45) is 12.4. The van der Waals surface area contributed by atoms with E-state index in [1.54, 1.807) is 6.08 Å². The molecule has 0 saturated carbocycles. The first kappa shape index (κ1) is 22.6. The number of unbranched alkanes of at least 4 members (excludes halogenated alkanes) is 5. The van der Waals surface area contributed by atoms with Gasteiger partial charge in [0, 0.05) is 6.42 Å². The van der Waals surface area contributed by atoms with Gasteiger partial charge in [0.15, 0.2) is 0 Å². The minimum absolute atomic E-state index is 0.0220. The molecule has 3 nitrogen and oxygen atoms in total. The third-order valence-electron chi connectivity index (χ3n) is 4.12. The molecule has 0 aliphatic carbocycles. The van der Waals surface area contributed by atoms with E-state index in [1.807, 2.05) is 20.8 Å². The molecule has 138 valence electrons. The number of carbonyl (C=O) groups is 2. The van der Waals surface area contributed by atoms with Crippen molar-refractivity contribution in [2.45, 2.75) is 97.5 Å². The van der Waals surface area contributed by atoms with Crippen molar-refractivity contribution in [3.8, 4) is 0 Å². The Morgan fingerprint density at radius 2 is 1.71 bits per heavy atom. The number of ether oxygens (including phenoxy) is 1. The molecule has 0 heterocycles. The van der Waals surface area contributed by atoms with Crippen molar-refractivity contribution in [1.29, 1.82) is 0 Å². The van der Waals surface area contributed by atoms with E-state index in [0.717, 1.165) is 19.3 Å². The standard InChI is InChI=1S/C21H36O3/c1-6-8-9-10-11-12-15-19(22)17-20(23)24-21(5,7-2)16-13-14-18(3)4/h7,14H,2,6,8-13,15-17H2,1,3-5H3. The maximum absolute atomic E-state index is 12.0. The van der Waals surface area contributed by atoms with Gasteiger partial charge in [0.2, 0.25) is 0 Å². The van der Waals surface area contributed by atoms with E-state index in [2.05, 4.69) is 19.6 Å². The monoisotopic (exact) mass is 336 g/mol. The number of carbonyl (C=O) groups excluding carboxylic acids is 2. The van der Waals surface area contributed by atoms with Crippen LogP contribution in [0.15, 0.2) is 24.3 Å². The summed E-state index contributed by atoms with van der Waals surface area (Å²) in [4.78, 5) is 23.9. The predicted octanol–water partition coefficient (Wildman–Crippen LogP) is 5.93. The third kappa shape index (κ3) is 12.1. The minimum Gasteiger partial charge on any atom is -0.455 e. The van der Waals surface area contributed by atoms with Crippen LogP contribution in [-0.2, 0) is 14.3 Å². The minimum atomic E-state index is -0.705. The molecule has 0 rings (SSSR count). The highest BCUT2D eigenvalue weighted by atomic mass is 16.6. The number of rotatable bonds is 14. The molecule has 0 aromatic rings. The van der Waals surface area contributed by atoms with Gasteiger partial charge in [-0.2, -0.15) is 0 Å². The lowest BCUT2D eigenvalue weighted by molar-refractivity contribution is -0.155. The Bertz CT molecular complexity index is 419. The van der Waals surface area contributed by atoms with Crippen LogP contribution in [-0.4, -0.2) is 17.4 Å². The lowest BCUT2D eigenvalue weighted by Crippen LogP contribution is -2.30. The lowest BCUT2D eigenvalue weighted by atomic mass is 9.99. The molecule has 0 aromatic carbocycles. The Morgan fingerprint density at radius 3 is 2.29 bits per heavy atom. The molecule has 1 atom stereocenters. The maximum Gasteiger partial charge on any atom is 0.314 e. The molecule has 3 heteroatoms. The second-order valence-corrected chi connectivity index (χ2v) is 7.04. The van der Waals surface area contributed by atoms with Gasteiger partial charge in [0.25, 0.3) is 0 Å². The Balaban J connectivity index is 4.08. The van der Waals surface area contributed by atoms with Crippen molar-refractivity contribution in [2.24, 2.45) is 0 Å². The number of Topliss-reactive ketones (excluding diaryl/α,β-unsaturated/α-hetero) is 1. The second kappa shape index (κ2) is 13.0. The molecule has 1 unspecified atom stereocenters. The molecule has 0 N–H and O–H groups in total. The fourth-order valence-electron chi connectivity index (χ4n) is 2.49. The van der Waals surface area contributed by atoms with Crippen molar-refractivity contribution >= 4 is 11.8 Å². The molecule has 0 bridgehead atoms. The number of allylic oxidation sites excluding steroid dienone is 2. The fourth-order valence-corrected chi connectivity index (χ4v) is 2.49. The number of hydrogen-bond acceptors (Lipinski definition) is 3. The fraction of sp³-hybridized carbons (Fsp3) is 0.714. The van der Waals surface area contributed by atoms with Crippen LogP contribution >= 0.6 is 0 Å². The van der Waals surface area contributed by atoms with E-state index < -0.39 is 11.6 Å². The number of ketones is 1. The molecule has 0 radical (unpaired) electrons. The molecule has 0 aromatic heterocycles. The quantitative estimate of drug-likeness (QED) is 0.171. The van der Waals surface area contributed by atoms with Gasteiger partial charge < -0.3 is 4.74 Å². The predicted molar refractivity (Wildman–Crippen MR) is 101 cm³/mol. The van der Waals surface area contributed by atoms with E-state index in [1.165, 1.54) is 31.3 Å². The summed E-state index contributed by atoms with van der Waals surface area (Å²) in [5.41, 5.74) is 0.533. The van der Waals surface area contributed by atoms with Gasteiger partial charge >= 0.3 is 5.97 Å². The van der Waals surface area contributed by atoms with Crippen molar-refractivity contribution in [2.75, 3.05) is 0 Å². The Hall–Kier alpha value is -1.38. The van der Waals surface area contributed by atoms with Crippen LogP contribution in [0.2, 0.25) is 0 Å². The van der Waals surface area contributed by atoms with E-state index >= 15 is 0 Å². The van der Waals surface area contributed by atoms with Crippen LogP contribution in [0.1, 0.15) is 91.9 Å². The summed E-state index contributed by atoms with van der Waals surface area (Å²) < 4.78 is 5.49. The highest BCUT2D eigenvalue weighted by Crippen LogP contribution is 2.21. The average Bonchev–Trinajstić information content (AvgIpc) is 2.50. The highest BCUT2D eigenvalue weighted by Gasteiger charge is 2.25. The summed E-state index contributed by atoms with van der Waals surface area (Å²) in [6.45, 7) is 11.9. The zero-order valence-corrected chi connectivity index (χ0v) is 16.2. The summed E-state index contributed by atoms with van der Waals surface area (Å²) in [6, 6.07) is 0. The summed E-state index contributed by atoms with van der Waals surface area (Å²) in [5, 5.41) is 0. The molecular formula is C21H36O3.